The van der Waals surface area contributed by atoms with Gasteiger partial charge in [0.05, 0.1) is 22.8 Å². The van der Waals surface area contributed by atoms with Crippen molar-refractivity contribution in [3.63, 3.8) is 0 Å². The van der Waals surface area contributed by atoms with Crippen LogP contribution in [0.15, 0.2) is 12.1 Å². The van der Waals surface area contributed by atoms with Crippen LogP contribution in [-0.4, -0.2) is 36.7 Å². The maximum Gasteiger partial charge on any atom is 0.296 e. The van der Waals surface area contributed by atoms with Crippen LogP contribution in [0.2, 0.25) is 0 Å². The third-order valence-electron chi connectivity index (χ3n) is 4.25. The van der Waals surface area contributed by atoms with Crippen molar-refractivity contribution in [2.75, 3.05) is 24.4 Å². The fourth-order valence-corrected chi connectivity index (χ4v) is 3.09. The summed E-state index contributed by atoms with van der Waals surface area (Å²) >= 11 is 0. The van der Waals surface area contributed by atoms with Crippen LogP contribution in [0.1, 0.15) is 25.7 Å². The van der Waals surface area contributed by atoms with Crippen LogP contribution < -0.4 is 15.4 Å². The van der Waals surface area contributed by atoms with Gasteiger partial charge in [-0.25, -0.2) is 0 Å². The molecule has 0 saturated heterocycles. The summed E-state index contributed by atoms with van der Waals surface area (Å²) in [5, 5.41) is 17.2. The van der Waals surface area contributed by atoms with E-state index in [0.29, 0.717) is 17.1 Å². The summed E-state index contributed by atoms with van der Waals surface area (Å²) in [6, 6.07) is 3.03. The molecule has 2 unspecified atom stereocenters. The Labute approximate surface area is 133 Å². The molecular weight excluding hydrogens is 302 g/mol. The zero-order valence-electron chi connectivity index (χ0n) is 12.8. The molecule has 23 heavy (non-hydrogen) atoms. The number of benzene rings is 1. The molecule has 1 aromatic rings. The molecule has 0 bridgehead atoms. The number of anilines is 2. The summed E-state index contributed by atoms with van der Waals surface area (Å²) in [5.41, 5.74) is 0.786. The Balaban J connectivity index is 1.86. The minimum Gasteiger partial charge on any atom is -0.481 e. The molecule has 1 amide bonds. The van der Waals surface area contributed by atoms with E-state index in [1.807, 2.05) is 0 Å². The van der Waals surface area contributed by atoms with Crippen molar-refractivity contribution >= 4 is 23.0 Å². The molecule has 8 heteroatoms. The van der Waals surface area contributed by atoms with Crippen molar-refractivity contribution in [1.29, 1.82) is 0 Å². The Morgan fingerprint density at radius 3 is 3.00 bits per heavy atom. The fourth-order valence-electron chi connectivity index (χ4n) is 3.09. The van der Waals surface area contributed by atoms with E-state index in [0.717, 1.165) is 25.7 Å². The summed E-state index contributed by atoms with van der Waals surface area (Å²) in [6.07, 6.45) is 3.91. The summed E-state index contributed by atoms with van der Waals surface area (Å²) in [7, 11) is 1.68. The second kappa shape index (κ2) is 6.41. The number of hydrogen-bond donors (Lipinski definition) is 2. The first-order valence-corrected chi connectivity index (χ1v) is 7.61. The van der Waals surface area contributed by atoms with Gasteiger partial charge < -0.3 is 20.1 Å². The van der Waals surface area contributed by atoms with Gasteiger partial charge in [-0.2, -0.15) is 0 Å². The topological polar surface area (TPSA) is 103 Å². The van der Waals surface area contributed by atoms with E-state index in [-0.39, 0.29) is 30.3 Å². The number of amides is 1. The number of nitrogens with zero attached hydrogens (tertiary/aromatic N) is 1. The largest absolute Gasteiger partial charge is 0.481 e. The molecule has 1 fully saturated rings. The summed E-state index contributed by atoms with van der Waals surface area (Å²) in [5.74, 6) is 0.0506. The van der Waals surface area contributed by atoms with Crippen LogP contribution in [0.3, 0.4) is 0 Å². The van der Waals surface area contributed by atoms with Crippen molar-refractivity contribution < 1.29 is 19.2 Å². The number of nitrogens with one attached hydrogen (secondary N) is 2. The Morgan fingerprint density at radius 1 is 1.43 bits per heavy atom. The summed E-state index contributed by atoms with van der Waals surface area (Å²) in [4.78, 5) is 22.3. The molecule has 1 heterocycles. The minimum absolute atomic E-state index is 0.0561. The number of fused-ring (bicyclic) bond motifs is 1. The molecule has 2 atom stereocenters. The van der Waals surface area contributed by atoms with Gasteiger partial charge in [-0.15, -0.1) is 0 Å². The van der Waals surface area contributed by atoms with Gasteiger partial charge in [-0.1, -0.05) is 0 Å². The summed E-state index contributed by atoms with van der Waals surface area (Å²) < 4.78 is 10.6. The van der Waals surface area contributed by atoms with Gasteiger partial charge in [0.2, 0.25) is 0 Å². The number of nitro groups is 1. The normalized spacial score (nSPS) is 23.4. The van der Waals surface area contributed by atoms with Gasteiger partial charge in [0, 0.05) is 13.2 Å². The highest BCUT2D eigenvalue weighted by molar-refractivity contribution is 5.96. The smallest absolute Gasteiger partial charge is 0.296 e. The lowest BCUT2D eigenvalue weighted by atomic mass is 9.92. The quantitative estimate of drug-likeness (QED) is 0.651. The first-order valence-electron chi connectivity index (χ1n) is 7.61. The third-order valence-corrected chi connectivity index (χ3v) is 4.25. The van der Waals surface area contributed by atoms with E-state index < -0.39 is 4.92 Å². The van der Waals surface area contributed by atoms with Gasteiger partial charge in [0.25, 0.3) is 11.6 Å². The van der Waals surface area contributed by atoms with Crippen LogP contribution in [-0.2, 0) is 9.53 Å². The van der Waals surface area contributed by atoms with Crippen molar-refractivity contribution in [3.8, 4) is 5.75 Å². The van der Waals surface area contributed by atoms with Crippen molar-refractivity contribution in [2.45, 2.75) is 37.8 Å². The van der Waals surface area contributed by atoms with Crippen LogP contribution in [0.4, 0.5) is 17.1 Å². The molecule has 3 rings (SSSR count). The molecule has 0 radical (unpaired) electrons. The van der Waals surface area contributed by atoms with E-state index in [1.165, 1.54) is 6.07 Å². The number of hydrogen-bond acceptors (Lipinski definition) is 6. The van der Waals surface area contributed by atoms with Gasteiger partial charge in [-0.3, -0.25) is 14.9 Å². The first-order chi connectivity index (χ1) is 11.1. The number of methoxy groups -OCH3 is 1. The predicted octanol–water partition coefficient (Wildman–Crippen LogP) is 2.30. The highest BCUT2D eigenvalue weighted by Crippen LogP contribution is 2.39. The number of carbonyl (C=O) groups excluding carboxylic acids is 1. The van der Waals surface area contributed by atoms with Crippen molar-refractivity contribution in [1.82, 2.24) is 0 Å². The molecule has 1 aromatic carbocycles. The van der Waals surface area contributed by atoms with E-state index in [2.05, 4.69) is 10.6 Å². The number of carbonyl (C=O) groups is 1. The first kappa shape index (κ1) is 15.5. The van der Waals surface area contributed by atoms with E-state index in [1.54, 1.807) is 13.2 Å². The molecule has 1 aliphatic heterocycles. The van der Waals surface area contributed by atoms with Gasteiger partial charge >= 0.3 is 0 Å². The van der Waals surface area contributed by atoms with Crippen LogP contribution in [0.5, 0.6) is 5.75 Å². The average Bonchev–Trinajstić information content (AvgIpc) is 2.54. The molecule has 8 nitrogen and oxygen atoms in total. The molecule has 2 aliphatic rings. The van der Waals surface area contributed by atoms with E-state index in [4.69, 9.17) is 9.47 Å². The molecule has 1 saturated carbocycles. The third kappa shape index (κ3) is 3.37. The maximum absolute atomic E-state index is 11.4. The zero-order valence-corrected chi connectivity index (χ0v) is 12.8. The lowest BCUT2D eigenvalue weighted by Gasteiger charge is -2.29. The monoisotopic (exact) mass is 321 g/mol. The lowest BCUT2D eigenvalue weighted by molar-refractivity contribution is -0.384. The molecule has 0 aromatic heterocycles. The van der Waals surface area contributed by atoms with Crippen LogP contribution in [0, 0.1) is 10.1 Å². The number of nitro benzene ring substituents is 1. The molecule has 0 spiro atoms. The Bertz CT molecular complexity index is 634. The van der Waals surface area contributed by atoms with Crippen molar-refractivity contribution in [2.24, 2.45) is 0 Å². The average molecular weight is 321 g/mol. The van der Waals surface area contributed by atoms with Crippen LogP contribution in [0.25, 0.3) is 0 Å². The minimum atomic E-state index is -0.445. The second-order valence-corrected chi connectivity index (χ2v) is 5.83. The van der Waals surface area contributed by atoms with Gasteiger partial charge in [0.15, 0.2) is 12.4 Å². The van der Waals surface area contributed by atoms with E-state index >= 15 is 0 Å². The molecule has 2 N–H and O–H groups in total. The fraction of sp³-hybridized carbons (Fsp3) is 0.533. The Hall–Kier alpha value is -2.35. The maximum atomic E-state index is 11.4. The molecular formula is C15H19N3O5. The van der Waals surface area contributed by atoms with E-state index in [9.17, 15) is 14.9 Å². The van der Waals surface area contributed by atoms with Crippen LogP contribution >= 0.6 is 0 Å². The number of ether oxygens (including phenoxy) is 2. The standard InChI is InChI=1S/C15H19N3O5/c1-22-10-4-2-3-9(5-10)16-11-6-12-14(7-13(11)18(20)21)23-8-15(19)17-12/h6-7,9-10,16H,2-5,8H2,1H3,(H,17,19). The highest BCUT2D eigenvalue weighted by Gasteiger charge is 2.27. The SMILES string of the molecule is COC1CCCC(Nc2cc3c(cc2[N+](=O)[O-])OCC(=O)N3)C1. The van der Waals surface area contributed by atoms with Gasteiger partial charge in [0.1, 0.15) is 5.69 Å². The highest BCUT2D eigenvalue weighted by atomic mass is 16.6. The Morgan fingerprint density at radius 2 is 2.26 bits per heavy atom. The summed E-state index contributed by atoms with van der Waals surface area (Å²) in [6.45, 7) is -0.130. The zero-order chi connectivity index (χ0) is 16.4. The van der Waals surface area contributed by atoms with Crippen molar-refractivity contribution in [3.05, 3.63) is 22.2 Å². The van der Waals surface area contributed by atoms with Gasteiger partial charge in [-0.05, 0) is 31.7 Å². The Kier molecular flexibility index (Phi) is 4.33. The predicted molar refractivity (Wildman–Crippen MR) is 83.9 cm³/mol. The molecule has 1 aliphatic carbocycles. The lowest BCUT2D eigenvalue weighted by Crippen LogP contribution is -2.31. The molecule has 124 valence electrons. The number of rotatable bonds is 4. The second-order valence-electron chi connectivity index (χ2n) is 5.83.